The molecule has 0 unspecified atom stereocenters. The Morgan fingerprint density at radius 3 is 1.64 bits per heavy atom. The van der Waals surface area contributed by atoms with Gasteiger partial charge in [-0.25, -0.2) is 0 Å². The van der Waals surface area contributed by atoms with Crippen molar-refractivity contribution >= 4 is 43.5 Å². The summed E-state index contributed by atoms with van der Waals surface area (Å²) in [5.74, 6) is 0. The van der Waals surface area contributed by atoms with E-state index in [1.54, 1.807) is 0 Å². The molecule has 0 N–H and O–H groups in total. The summed E-state index contributed by atoms with van der Waals surface area (Å²) in [6.45, 7) is 0. The maximum atomic E-state index is 2.45. The van der Waals surface area contributed by atoms with E-state index in [-0.39, 0.29) is 0 Å². The van der Waals surface area contributed by atoms with Gasteiger partial charge in [-0.05, 0) is 93.7 Å². The lowest BCUT2D eigenvalue weighted by Crippen LogP contribution is -1.96. The van der Waals surface area contributed by atoms with Crippen molar-refractivity contribution in [2.45, 2.75) is 0 Å². The first-order chi connectivity index (χ1) is 21.8. The van der Waals surface area contributed by atoms with Crippen molar-refractivity contribution in [2.75, 3.05) is 0 Å². The number of nitrogens with zero attached hydrogens (tertiary/aromatic N) is 2. The summed E-state index contributed by atoms with van der Waals surface area (Å²) >= 11 is 0. The molecule has 0 amide bonds. The van der Waals surface area contributed by atoms with Gasteiger partial charge < -0.3 is 9.13 Å². The first-order valence-electron chi connectivity index (χ1n) is 15.1. The van der Waals surface area contributed by atoms with Gasteiger partial charge in [0, 0.05) is 33.7 Å². The van der Waals surface area contributed by atoms with E-state index in [0.29, 0.717) is 0 Å². The van der Waals surface area contributed by atoms with Crippen LogP contribution in [0.1, 0.15) is 0 Å². The number of hydrogen-bond donors (Lipinski definition) is 0. The highest BCUT2D eigenvalue weighted by molar-refractivity contribution is 6.18. The lowest BCUT2D eigenvalue weighted by atomic mass is 9.98. The van der Waals surface area contributed by atoms with E-state index in [1.807, 2.05) is 0 Å². The standard InChI is InChI=1S/C42H28N2/c1-4-12-29(13-5-1)32-24-33(30-14-6-2-7-15-30)26-35(25-32)44-41-19-11-10-18-36(41)39-27-31-20-21-40-37(38(31)28-42(39)44)22-23-43(40)34-16-8-3-9-17-34/h1-28H. The number of aromatic nitrogens is 2. The topological polar surface area (TPSA) is 9.86 Å². The molecular weight excluding hydrogens is 532 g/mol. The Hall–Kier alpha value is -5.86. The van der Waals surface area contributed by atoms with E-state index < -0.39 is 0 Å². The zero-order chi connectivity index (χ0) is 29.0. The van der Waals surface area contributed by atoms with Crippen molar-refractivity contribution in [2.24, 2.45) is 0 Å². The molecule has 2 heterocycles. The van der Waals surface area contributed by atoms with Crippen LogP contribution in [0, 0.1) is 0 Å². The van der Waals surface area contributed by atoms with Gasteiger partial charge >= 0.3 is 0 Å². The van der Waals surface area contributed by atoms with Gasteiger partial charge in [0.2, 0.25) is 0 Å². The maximum Gasteiger partial charge on any atom is 0.0547 e. The van der Waals surface area contributed by atoms with Crippen LogP contribution in [0.25, 0.3) is 77.1 Å². The molecule has 0 aliphatic carbocycles. The Morgan fingerprint density at radius 2 is 0.932 bits per heavy atom. The summed E-state index contributed by atoms with van der Waals surface area (Å²) in [6, 6.07) is 59.3. The van der Waals surface area contributed by atoms with E-state index >= 15 is 0 Å². The van der Waals surface area contributed by atoms with Gasteiger partial charge in [0.1, 0.15) is 0 Å². The lowest BCUT2D eigenvalue weighted by Gasteiger charge is -2.14. The summed E-state index contributed by atoms with van der Waals surface area (Å²) in [5, 5.41) is 6.30. The van der Waals surface area contributed by atoms with Gasteiger partial charge in [-0.1, -0.05) is 103 Å². The van der Waals surface area contributed by atoms with Crippen LogP contribution in [0.5, 0.6) is 0 Å². The molecule has 0 aliphatic rings. The SMILES string of the molecule is c1ccc(-c2cc(-c3ccccc3)cc(-n3c4ccccc4c4cc5ccc6c(ccn6-c6ccccc6)c5cc43)c2)cc1. The van der Waals surface area contributed by atoms with Gasteiger partial charge in [-0.3, -0.25) is 0 Å². The summed E-state index contributed by atoms with van der Waals surface area (Å²) < 4.78 is 4.74. The van der Waals surface area contributed by atoms with E-state index in [0.717, 1.165) is 5.69 Å². The van der Waals surface area contributed by atoms with Crippen molar-refractivity contribution in [3.8, 4) is 33.6 Å². The Bertz CT molecular complexity index is 2410. The molecule has 0 atom stereocenters. The summed E-state index contributed by atoms with van der Waals surface area (Å²) in [6.07, 6.45) is 2.19. The second kappa shape index (κ2) is 9.86. The molecule has 0 bridgehead atoms. The van der Waals surface area contributed by atoms with Crippen molar-refractivity contribution in [3.05, 3.63) is 170 Å². The van der Waals surface area contributed by atoms with Crippen molar-refractivity contribution in [1.82, 2.24) is 9.13 Å². The Kier molecular flexibility index (Phi) is 5.54. The number of benzene rings is 7. The fraction of sp³-hybridized carbons (Fsp3) is 0. The zero-order valence-electron chi connectivity index (χ0n) is 24.1. The number of rotatable bonds is 4. The Balaban J connectivity index is 1.35. The summed E-state index contributed by atoms with van der Waals surface area (Å²) in [5.41, 5.74) is 10.8. The fourth-order valence-corrected chi connectivity index (χ4v) is 6.84. The van der Waals surface area contributed by atoms with Crippen LogP contribution in [-0.2, 0) is 0 Å². The molecule has 0 saturated heterocycles. The highest BCUT2D eigenvalue weighted by Gasteiger charge is 2.17. The fourth-order valence-electron chi connectivity index (χ4n) is 6.84. The smallest absolute Gasteiger partial charge is 0.0547 e. The van der Waals surface area contributed by atoms with E-state index in [2.05, 4.69) is 179 Å². The Morgan fingerprint density at radius 1 is 0.318 bits per heavy atom. The van der Waals surface area contributed by atoms with Crippen molar-refractivity contribution < 1.29 is 0 Å². The van der Waals surface area contributed by atoms with Crippen LogP contribution >= 0.6 is 0 Å². The van der Waals surface area contributed by atoms with Gasteiger partial charge in [0.15, 0.2) is 0 Å². The Labute approximate surface area is 255 Å². The van der Waals surface area contributed by atoms with Gasteiger partial charge in [0.25, 0.3) is 0 Å². The predicted octanol–water partition coefficient (Wildman–Crippen LogP) is 11.2. The van der Waals surface area contributed by atoms with Crippen LogP contribution in [0.3, 0.4) is 0 Å². The third-order valence-corrected chi connectivity index (χ3v) is 8.91. The highest BCUT2D eigenvalue weighted by Crippen LogP contribution is 2.39. The summed E-state index contributed by atoms with van der Waals surface area (Å²) in [4.78, 5) is 0. The first kappa shape index (κ1) is 24.7. The molecule has 0 spiro atoms. The molecule has 0 saturated carbocycles. The van der Waals surface area contributed by atoms with Crippen LogP contribution < -0.4 is 0 Å². The minimum atomic E-state index is 1.16. The van der Waals surface area contributed by atoms with Crippen LogP contribution in [0.4, 0.5) is 0 Å². The quantitative estimate of drug-likeness (QED) is 0.203. The van der Waals surface area contributed by atoms with Crippen LogP contribution in [0.15, 0.2) is 170 Å². The average molecular weight is 561 g/mol. The van der Waals surface area contributed by atoms with Crippen LogP contribution in [-0.4, -0.2) is 9.13 Å². The average Bonchev–Trinajstić information content (AvgIpc) is 3.68. The van der Waals surface area contributed by atoms with E-state index in [9.17, 15) is 0 Å². The van der Waals surface area contributed by atoms with E-state index in [1.165, 1.54) is 71.4 Å². The molecule has 0 aliphatic heterocycles. The molecule has 44 heavy (non-hydrogen) atoms. The molecule has 9 aromatic rings. The number of fused-ring (bicyclic) bond motifs is 6. The van der Waals surface area contributed by atoms with E-state index in [4.69, 9.17) is 0 Å². The third kappa shape index (κ3) is 3.89. The molecule has 2 aromatic heterocycles. The molecular formula is C42H28N2. The molecule has 2 heteroatoms. The summed E-state index contributed by atoms with van der Waals surface area (Å²) in [7, 11) is 0. The molecule has 0 fully saturated rings. The highest BCUT2D eigenvalue weighted by atomic mass is 15.0. The molecule has 0 radical (unpaired) electrons. The normalized spacial score (nSPS) is 11.6. The second-order valence-corrected chi connectivity index (χ2v) is 11.5. The van der Waals surface area contributed by atoms with Gasteiger partial charge in [-0.15, -0.1) is 0 Å². The minimum absolute atomic E-state index is 1.16. The van der Waals surface area contributed by atoms with Crippen molar-refractivity contribution in [1.29, 1.82) is 0 Å². The van der Waals surface area contributed by atoms with Gasteiger partial charge in [-0.2, -0.15) is 0 Å². The minimum Gasteiger partial charge on any atom is -0.317 e. The molecule has 2 nitrogen and oxygen atoms in total. The number of para-hydroxylation sites is 2. The first-order valence-corrected chi connectivity index (χ1v) is 15.1. The molecule has 9 rings (SSSR count). The van der Waals surface area contributed by atoms with Crippen molar-refractivity contribution in [3.63, 3.8) is 0 Å². The predicted molar refractivity (Wildman–Crippen MR) is 186 cm³/mol. The monoisotopic (exact) mass is 560 g/mol. The van der Waals surface area contributed by atoms with Crippen LogP contribution in [0.2, 0.25) is 0 Å². The third-order valence-electron chi connectivity index (χ3n) is 8.91. The molecule has 206 valence electrons. The zero-order valence-corrected chi connectivity index (χ0v) is 24.1. The van der Waals surface area contributed by atoms with Gasteiger partial charge in [0.05, 0.1) is 16.6 Å². The molecule has 7 aromatic carbocycles. The number of hydrogen-bond acceptors (Lipinski definition) is 0. The largest absolute Gasteiger partial charge is 0.317 e. The lowest BCUT2D eigenvalue weighted by molar-refractivity contribution is 1.13. The second-order valence-electron chi connectivity index (χ2n) is 11.5. The maximum absolute atomic E-state index is 2.45.